The summed E-state index contributed by atoms with van der Waals surface area (Å²) in [5.74, 6) is 0.0956. The molecule has 0 amide bonds. The van der Waals surface area contributed by atoms with E-state index in [2.05, 4.69) is 201 Å². The average molecular weight is 745 g/mol. The Balaban J connectivity index is 1.14. The second-order valence-corrected chi connectivity index (χ2v) is 16.2. The maximum absolute atomic E-state index is 4.50. The fourth-order valence-electron chi connectivity index (χ4n) is 11.3. The van der Waals surface area contributed by atoms with Gasteiger partial charge in [0.2, 0.25) is 0 Å². The van der Waals surface area contributed by atoms with Crippen LogP contribution in [0, 0.1) is 0 Å². The highest BCUT2D eigenvalue weighted by atomic mass is 14.4. The zero-order valence-corrected chi connectivity index (χ0v) is 32.4. The molecule has 1 atom stereocenters. The van der Waals surface area contributed by atoms with Gasteiger partial charge >= 0.3 is 0 Å². The summed E-state index contributed by atoms with van der Waals surface area (Å²) in [7, 11) is 0. The molecular formula is C59H36. The van der Waals surface area contributed by atoms with Gasteiger partial charge in [-0.25, -0.2) is 0 Å². The van der Waals surface area contributed by atoms with Crippen molar-refractivity contribution in [3.63, 3.8) is 0 Å². The second-order valence-electron chi connectivity index (χ2n) is 16.2. The first-order valence-corrected chi connectivity index (χ1v) is 20.6. The van der Waals surface area contributed by atoms with Crippen LogP contribution in [0.3, 0.4) is 0 Å². The van der Waals surface area contributed by atoms with Crippen molar-refractivity contribution in [1.82, 2.24) is 0 Å². The molecule has 0 fully saturated rings. The third kappa shape index (κ3) is 4.18. The summed E-state index contributed by atoms with van der Waals surface area (Å²) in [4.78, 5) is 0. The minimum Gasteiger partial charge on any atom is -0.0984 e. The monoisotopic (exact) mass is 744 g/mol. The lowest BCUT2D eigenvalue weighted by molar-refractivity contribution is 1.03. The zero-order chi connectivity index (χ0) is 38.9. The van der Waals surface area contributed by atoms with Crippen molar-refractivity contribution in [2.45, 2.75) is 5.92 Å². The Kier molecular flexibility index (Phi) is 6.61. The van der Waals surface area contributed by atoms with E-state index in [1.165, 1.54) is 127 Å². The first-order chi connectivity index (χ1) is 29.2. The molecule has 13 rings (SSSR count). The fraction of sp³-hybridized carbons (Fsp3) is 0.0169. The van der Waals surface area contributed by atoms with Gasteiger partial charge in [-0.05, 0) is 138 Å². The van der Waals surface area contributed by atoms with Crippen LogP contribution in [0.2, 0.25) is 0 Å². The minimum absolute atomic E-state index is 0.0956. The lowest BCUT2D eigenvalue weighted by Crippen LogP contribution is -2.09. The first kappa shape index (κ1) is 32.5. The molecule has 4 aliphatic rings. The summed E-state index contributed by atoms with van der Waals surface area (Å²) in [5.41, 5.74) is 26.7. The molecule has 4 aliphatic carbocycles. The molecule has 9 aromatic carbocycles. The van der Waals surface area contributed by atoms with Crippen molar-refractivity contribution < 1.29 is 0 Å². The fourth-order valence-corrected chi connectivity index (χ4v) is 11.3. The van der Waals surface area contributed by atoms with Crippen LogP contribution in [0.1, 0.15) is 39.3 Å². The normalized spacial score (nSPS) is 14.4. The van der Waals surface area contributed by atoms with Gasteiger partial charge in [-0.3, -0.25) is 0 Å². The summed E-state index contributed by atoms with van der Waals surface area (Å²) >= 11 is 0. The van der Waals surface area contributed by atoms with Crippen molar-refractivity contribution in [1.29, 1.82) is 0 Å². The number of fused-ring (bicyclic) bond motifs is 10. The van der Waals surface area contributed by atoms with Crippen LogP contribution >= 0.6 is 0 Å². The molecule has 0 bridgehead atoms. The van der Waals surface area contributed by atoms with Gasteiger partial charge in [0.15, 0.2) is 0 Å². The molecule has 0 aliphatic heterocycles. The Hall–Kier alpha value is -7.54. The third-order valence-corrected chi connectivity index (χ3v) is 13.6. The van der Waals surface area contributed by atoms with Crippen molar-refractivity contribution in [2.75, 3.05) is 0 Å². The second kappa shape index (κ2) is 12.0. The maximum atomic E-state index is 4.50. The van der Waals surface area contributed by atoms with E-state index >= 15 is 0 Å². The molecule has 0 N–H and O–H groups in total. The van der Waals surface area contributed by atoms with Gasteiger partial charge < -0.3 is 0 Å². The van der Waals surface area contributed by atoms with Gasteiger partial charge in [0, 0.05) is 5.92 Å². The van der Waals surface area contributed by atoms with E-state index in [9.17, 15) is 0 Å². The maximum Gasteiger partial charge on any atom is 0.0291 e. The highest BCUT2D eigenvalue weighted by Crippen LogP contribution is 2.63. The molecule has 0 heteroatoms. The smallest absolute Gasteiger partial charge is 0.0291 e. The van der Waals surface area contributed by atoms with Gasteiger partial charge in [0.1, 0.15) is 0 Å². The Morgan fingerprint density at radius 2 is 1.02 bits per heavy atom. The van der Waals surface area contributed by atoms with E-state index in [1.54, 1.807) is 0 Å². The van der Waals surface area contributed by atoms with E-state index in [-0.39, 0.29) is 5.92 Å². The minimum atomic E-state index is 0.0956. The summed E-state index contributed by atoms with van der Waals surface area (Å²) in [6, 6.07) is 58.5. The highest BCUT2D eigenvalue weighted by Gasteiger charge is 2.40. The molecule has 272 valence electrons. The van der Waals surface area contributed by atoms with E-state index < -0.39 is 0 Å². The quantitative estimate of drug-likeness (QED) is 0.165. The summed E-state index contributed by atoms with van der Waals surface area (Å²) in [5, 5.41) is 5.40. The molecule has 9 aromatic rings. The van der Waals surface area contributed by atoms with E-state index in [0.717, 1.165) is 11.1 Å². The van der Waals surface area contributed by atoms with Crippen LogP contribution in [0.4, 0.5) is 0 Å². The average Bonchev–Trinajstić information content (AvgIpc) is 3.73. The molecule has 0 radical (unpaired) electrons. The van der Waals surface area contributed by atoms with E-state index in [0.29, 0.717) is 0 Å². The van der Waals surface area contributed by atoms with Crippen molar-refractivity contribution in [3.8, 4) is 77.9 Å². The van der Waals surface area contributed by atoms with Crippen molar-refractivity contribution in [2.24, 2.45) is 0 Å². The lowest BCUT2D eigenvalue weighted by atomic mass is 9.73. The molecule has 0 aromatic heterocycles. The molecule has 0 nitrogen and oxygen atoms in total. The molecule has 1 unspecified atom stereocenters. The number of allylic oxidation sites excluding steroid dienone is 3. The molecule has 0 spiro atoms. The Bertz CT molecular complexity index is 3440. The van der Waals surface area contributed by atoms with Crippen LogP contribution in [-0.4, -0.2) is 0 Å². The molecule has 0 heterocycles. The van der Waals surface area contributed by atoms with Crippen LogP contribution in [0.15, 0.2) is 189 Å². The number of rotatable bonds is 5. The standard InChI is InChI=1S/C59H36/c1-3-37-38(4-2)53(41-23-14-13-21-39(41)34-16-7-5-8-17-34)59-48-25-15-24-42-44-28-29-45-43-27-26-35-18-11-12-22-40(35)52(43)49-32-30-47(55(44)56(45)49)46-31-33-50(57(48)54(42)46)58(59)51(37)36-19-9-6-10-20-36/h3-33,42H,1-2H2. The van der Waals surface area contributed by atoms with Crippen LogP contribution in [0.5, 0.6) is 0 Å². The highest BCUT2D eigenvalue weighted by molar-refractivity contribution is 6.26. The van der Waals surface area contributed by atoms with Gasteiger partial charge in [-0.1, -0.05) is 201 Å². The Morgan fingerprint density at radius 1 is 0.390 bits per heavy atom. The largest absolute Gasteiger partial charge is 0.0984 e. The van der Waals surface area contributed by atoms with Gasteiger partial charge in [0.25, 0.3) is 0 Å². The summed E-state index contributed by atoms with van der Waals surface area (Å²) < 4.78 is 0. The molecule has 59 heavy (non-hydrogen) atoms. The number of benzene rings is 9. The third-order valence-electron chi connectivity index (χ3n) is 13.6. The summed E-state index contributed by atoms with van der Waals surface area (Å²) in [6.45, 7) is 8.98. The van der Waals surface area contributed by atoms with Crippen LogP contribution < -0.4 is 0 Å². The van der Waals surface area contributed by atoms with Crippen molar-refractivity contribution >= 4 is 39.3 Å². The molecular weight excluding hydrogens is 709 g/mol. The SMILES string of the molecule is C=Cc1c(C=C)c(-c2ccccc2)c2c(c1-c1ccccc1-c1ccccc1)C1=CC=CC3c4c(ccc-2c41)-c1ccc2c4c(ccc3c14)-c1ccc3ccccc3c1-2. The summed E-state index contributed by atoms with van der Waals surface area (Å²) in [6.07, 6.45) is 11.3. The Labute approximate surface area is 344 Å². The van der Waals surface area contributed by atoms with E-state index in [1.807, 2.05) is 0 Å². The van der Waals surface area contributed by atoms with E-state index in [4.69, 9.17) is 0 Å². The van der Waals surface area contributed by atoms with Gasteiger partial charge in [-0.15, -0.1) is 0 Å². The molecule has 0 saturated heterocycles. The van der Waals surface area contributed by atoms with Gasteiger partial charge in [-0.2, -0.15) is 0 Å². The van der Waals surface area contributed by atoms with Crippen LogP contribution in [0.25, 0.3) is 117 Å². The topological polar surface area (TPSA) is 0 Å². The predicted molar refractivity (Wildman–Crippen MR) is 251 cm³/mol. The predicted octanol–water partition coefficient (Wildman–Crippen LogP) is 16.0. The number of hydrogen-bond donors (Lipinski definition) is 0. The molecule has 0 saturated carbocycles. The first-order valence-electron chi connectivity index (χ1n) is 20.6. The van der Waals surface area contributed by atoms with Gasteiger partial charge in [0.05, 0.1) is 0 Å². The Morgan fingerprint density at radius 3 is 1.83 bits per heavy atom. The lowest BCUT2D eigenvalue weighted by Gasteiger charge is -2.29. The van der Waals surface area contributed by atoms with Crippen molar-refractivity contribution in [3.05, 3.63) is 222 Å². The zero-order valence-electron chi connectivity index (χ0n) is 32.4. The number of hydrogen-bond acceptors (Lipinski definition) is 0. The van der Waals surface area contributed by atoms with Crippen LogP contribution in [-0.2, 0) is 0 Å².